The lowest BCUT2D eigenvalue weighted by molar-refractivity contribution is 0.0694. The first-order valence-corrected chi connectivity index (χ1v) is 6.04. The zero-order valence-electron chi connectivity index (χ0n) is 10.0. The number of hydrogen-bond donors (Lipinski definition) is 1. The summed E-state index contributed by atoms with van der Waals surface area (Å²) in [7, 11) is 0. The van der Waals surface area contributed by atoms with Gasteiger partial charge in [0.05, 0.1) is 5.69 Å². The lowest BCUT2D eigenvalue weighted by Crippen LogP contribution is -2.26. The second-order valence-corrected chi connectivity index (χ2v) is 4.53. The normalized spacial score (nSPS) is 10.8. The van der Waals surface area contributed by atoms with E-state index in [2.05, 4.69) is 4.98 Å². The predicted molar refractivity (Wildman–Crippen MR) is 72.8 cm³/mol. The van der Waals surface area contributed by atoms with Gasteiger partial charge in [0.1, 0.15) is 5.56 Å². The molecule has 0 aliphatic heterocycles. The van der Waals surface area contributed by atoms with Crippen molar-refractivity contribution in [3.05, 3.63) is 63.7 Å². The van der Waals surface area contributed by atoms with E-state index >= 15 is 0 Å². The molecule has 0 saturated heterocycles. The first kappa shape index (κ1) is 12.4. The van der Waals surface area contributed by atoms with E-state index in [4.69, 9.17) is 16.7 Å². The molecule has 6 nitrogen and oxygen atoms in total. The molecule has 1 aromatic carbocycles. The second kappa shape index (κ2) is 4.50. The number of aromatic carboxylic acids is 1. The molecule has 7 heteroatoms. The van der Waals surface area contributed by atoms with Crippen LogP contribution in [0.5, 0.6) is 0 Å². The summed E-state index contributed by atoms with van der Waals surface area (Å²) in [5.41, 5.74) is 0.0321. The maximum Gasteiger partial charge on any atom is 0.343 e. The highest BCUT2D eigenvalue weighted by Gasteiger charge is 2.14. The van der Waals surface area contributed by atoms with Gasteiger partial charge in [-0.05, 0) is 24.3 Å². The summed E-state index contributed by atoms with van der Waals surface area (Å²) in [5, 5.41) is 9.55. The highest BCUT2D eigenvalue weighted by molar-refractivity contribution is 6.30. The fourth-order valence-corrected chi connectivity index (χ4v) is 2.05. The summed E-state index contributed by atoms with van der Waals surface area (Å²) in [5.74, 6) is -1.30. The van der Waals surface area contributed by atoms with Crippen molar-refractivity contribution >= 4 is 23.2 Å². The molecule has 2 heterocycles. The van der Waals surface area contributed by atoms with Crippen LogP contribution in [0.2, 0.25) is 5.02 Å². The molecule has 1 N–H and O–H groups in total. The van der Waals surface area contributed by atoms with Crippen LogP contribution in [0.3, 0.4) is 0 Å². The Balaban J connectivity index is 2.32. The highest BCUT2D eigenvalue weighted by Crippen LogP contribution is 2.14. The molecule has 0 aliphatic rings. The molecular weight excluding hydrogens is 282 g/mol. The monoisotopic (exact) mass is 289 g/mol. The van der Waals surface area contributed by atoms with Crippen LogP contribution in [-0.2, 0) is 0 Å². The Bertz CT molecular complexity index is 865. The molecule has 2 aromatic heterocycles. The molecule has 0 bridgehead atoms. The number of fused-ring (bicyclic) bond motifs is 1. The minimum atomic E-state index is -1.30. The van der Waals surface area contributed by atoms with Crippen molar-refractivity contribution in [2.24, 2.45) is 0 Å². The van der Waals surface area contributed by atoms with Crippen LogP contribution in [0.15, 0.2) is 47.5 Å². The van der Waals surface area contributed by atoms with Gasteiger partial charge in [0, 0.05) is 23.5 Å². The third-order valence-corrected chi connectivity index (χ3v) is 3.12. The first-order valence-electron chi connectivity index (χ1n) is 5.66. The third kappa shape index (κ3) is 1.86. The summed E-state index contributed by atoms with van der Waals surface area (Å²) in [6, 6.07) is 8.44. The molecule has 0 unspecified atom stereocenters. The van der Waals surface area contributed by atoms with Gasteiger partial charge < -0.3 is 5.11 Å². The number of rotatable bonds is 2. The van der Waals surface area contributed by atoms with Crippen molar-refractivity contribution in [1.29, 1.82) is 0 Å². The largest absolute Gasteiger partial charge is 0.477 e. The Labute approximate surface area is 117 Å². The van der Waals surface area contributed by atoms with Crippen LogP contribution < -0.4 is 5.56 Å². The van der Waals surface area contributed by atoms with E-state index in [0.717, 1.165) is 6.20 Å². The van der Waals surface area contributed by atoms with E-state index < -0.39 is 11.5 Å². The van der Waals surface area contributed by atoms with E-state index in [0.29, 0.717) is 16.4 Å². The standard InChI is InChI=1S/C13H8ClN3O3/c14-8-1-3-9(4-2-8)16-6-5-11-15-7-10(13(19)20)12(18)17(11)16/h1-7H,(H,19,20). The van der Waals surface area contributed by atoms with Gasteiger partial charge in [0.2, 0.25) is 0 Å². The summed E-state index contributed by atoms with van der Waals surface area (Å²) < 4.78 is 2.72. The van der Waals surface area contributed by atoms with Gasteiger partial charge in [0.15, 0.2) is 5.65 Å². The van der Waals surface area contributed by atoms with Gasteiger partial charge in [0.25, 0.3) is 5.56 Å². The average Bonchev–Trinajstić information content (AvgIpc) is 2.84. The zero-order chi connectivity index (χ0) is 14.3. The SMILES string of the molecule is O=C(O)c1cnc2ccn(-c3ccc(Cl)cc3)n2c1=O. The molecule has 0 amide bonds. The average molecular weight is 290 g/mol. The molecule has 0 atom stereocenters. The third-order valence-electron chi connectivity index (χ3n) is 2.87. The fourth-order valence-electron chi connectivity index (χ4n) is 1.93. The van der Waals surface area contributed by atoms with Crippen LogP contribution in [0, 0.1) is 0 Å². The first-order chi connectivity index (χ1) is 9.58. The van der Waals surface area contributed by atoms with E-state index in [1.54, 1.807) is 36.5 Å². The second-order valence-electron chi connectivity index (χ2n) is 4.09. The van der Waals surface area contributed by atoms with Crippen molar-refractivity contribution < 1.29 is 9.90 Å². The summed E-state index contributed by atoms with van der Waals surface area (Å²) in [4.78, 5) is 27.1. The molecule has 3 aromatic rings. The summed E-state index contributed by atoms with van der Waals surface area (Å²) >= 11 is 5.82. The highest BCUT2D eigenvalue weighted by atomic mass is 35.5. The topological polar surface area (TPSA) is 76.6 Å². The Morgan fingerprint density at radius 3 is 2.55 bits per heavy atom. The van der Waals surface area contributed by atoms with Crippen molar-refractivity contribution in [3.63, 3.8) is 0 Å². The van der Waals surface area contributed by atoms with Crippen LogP contribution in [-0.4, -0.2) is 25.3 Å². The summed E-state index contributed by atoms with van der Waals surface area (Å²) in [6.45, 7) is 0. The Morgan fingerprint density at radius 2 is 1.90 bits per heavy atom. The molecule has 20 heavy (non-hydrogen) atoms. The van der Waals surface area contributed by atoms with Gasteiger partial charge in [-0.25, -0.2) is 9.78 Å². The number of hydrogen-bond acceptors (Lipinski definition) is 3. The smallest absolute Gasteiger partial charge is 0.343 e. The number of aromatic nitrogens is 3. The van der Waals surface area contributed by atoms with Crippen LogP contribution >= 0.6 is 11.6 Å². The number of halogens is 1. The lowest BCUT2D eigenvalue weighted by atomic mass is 10.3. The molecule has 0 radical (unpaired) electrons. The lowest BCUT2D eigenvalue weighted by Gasteiger charge is -2.06. The van der Waals surface area contributed by atoms with Crippen molar-refractivity contribution in [2.75, 3.05) is 0 Å². The number of carboxylic acids is 1. The molecule has 3 rings (SSSR count). The van der Waals surface area contributed by atoms with Gasteiger partial charge in [-0.3, -0.25) is 9.48 Å². The number of carboxylic acid groups (broad SMARTS) is 1. The van der Waals surface area contributed by atoms with Gasteiger partial charge >= 0.3 is 5.97 Å². The quantitative estimate of drug-likeness (QED) is 0.781. The van der Waals surface area contributed by atoms with Crippen molar-refractivity contribution in [1.82, 2.24) is 14.2 Å². The molecule has 0 saturated carbocycles. The van der Waals surface area contributed by atoms with Crippen LogP contribution in [0.4, 0.5) is 0 Å². The van der Waals surface area contributed by atoms with E-state index in [1.807, 2.05) is 0 Å². The van der Waals surface area contributed by atoms with Crippen molar-refractivity contribution in [2.45, 2.75) is 0 Å². The molecular formula is C13H8ClN3O3. The minimum absolute atomic E-state index is 0.370. The Morgan fingerprint density at radius 1 is 1.20 bits per heavy atom. The fraction of sp³-hybridized carbons (Fsp3) is 0. The minimum Gasteiger partial charge on any atom is -0.477 e. The molecule has 0 aliphatic carbocycles. The maximum absolute atomic E-state index is 12.2. The van der Waals surface area contributed by atoms with Gasteiger partial charge in [-0.1, -0.05) is 11.6 Å². The number of benzene rings is 1. The van der Waals surface area contributed by atoms with Crippen LogP contribution in [0.1, 0.15) is 10.4 Å². The van der Waals surface area contributed by atoms with E-state index in [9.17, 15) is 9.59 Å². The Hall–Kier alpha value is -2.60. The van der Waals surface area contributed by atoms with Gasteiger partial charge in [-0.15, -0.1) is 0 Å². The maximum atomic E-state index is 12.2. The molecule has 100 valence electrons. The van der Waals surface area contributed by atoms with E-state index in [-0.39, 0.29) is 5.56 Å². The van der Waals surface area contributed by atoms with E-state index in [1.165, 1.54) is 9.20 Å². The zero-order valence-corrected chi connectivity index (χ0v) is 10.8. The predicted octanol–water partition coefficient (Wildman–Crippen LogP) is 1.84. The van der Waals surface area contributed by atoms with Crippen LogP contribution in [0.25, 0.3) is 11.3 Å². The summed E-state index contributed by atoms with van der Waals surface area (Å²) in [6.07, 6.45) is 2.70. The number of carbonyl (C=O) groups is 1. The van der Waals surface area contributed by atoms with Crippen molar-refractivity contribution in [3.8, 4) is 5.69 Å². The molecule has 0 fully saturated rings. The Kier molecular flexibility index (Phi) is 2.80. The molecule has 0 spiro atoms. The van der Waals surface area contributed by atoms with Gasteiger partial charge in [-0.2, -0.15) is 4.52 Å². The number of nitrogens with zero attached hydrogens (tertiary/aromatic N) is 3.